The summed E-state index contributed by atoms with van der Waals surface area (Å²) in [6.45, 7) is 4.40. The third kappa shape index (κ3) is 3.22. The number of benzene rings is 1. The molecule has 3 rings (SSSR count). The van der Waals surface area contributed by atoms with Crippen LogP contribution in [0.1, 0.15) is 13.3 Å². The fraction of sp³-hybridized carbons (Fsp3) is 0.467. The van der Waals surface area contributed by atoms with Gasteiger partial charge in [0.25, 0.3) is 0 Å². The Morgan fingerprint density at radius 2 is 2.33 bits per heavy atom. The third-order valence-electron chi connectivity index (χ3n) is 4.00. The van der Waals surface area contributed by atoms with E-state index in [0.717, 1.165) is 29.4 Å². The van der Waals surface area contributed by atoms with E-state index in [4.69, 9.17) is 5.73 Å². The highest BCUT2D eigenvalue weighted by Crippen LogP contribution is 2.31. The SMILES string of the molecule is CC1(CN)CCN(C(=O)CSc2nc3ccccc3s2)C1. The van der Waals surface area contributed by atoms with Crippen LogP contribution in [0.2, 0.25) is 0 Å². The van der Waals surface area contributed by atoms with Crippen molar-refractivity contribution in [3.63, 3.8) is 0 Å². The van der Waals surface area contributed by atoms with Crippen molar-refractivity contribution >= 4 is 39.2 Å². The molecule has 4 nitrogen and oxygen atoms in total. The van der Waals surface area contributed by atoms with E-state index in [1.807, 2.05) is 23.1 Å². The van der Waals surface area contributed by atoms with Gasteiger partial charge in [0.05, 0.1) is 16.0 Å². The van der Waals surface area contributed by atoms with E-state index in [1.165, 1.54) is 16.5 Å². The maximum Gasteiger partial charge on any atom is 0.233 e. The molecule has 1 aliphatic heterocycles. The first-order chi connectivity index (χ1) is 10.1. The second kappa shape index (κ2) is 5.94. The molecule has 2 aromatic rings. The summed E-state index contributed by atoms with van der Waals surface area (Å²) in [4.78, 5) is 18.8. The largest absolute Gasteiger partial charge is 0.341 e. The van der Waals surface area contributed by atoms with Crippen LogP contribution in [0.5, 0.6) is 0 Å². The molecule has 0 bridgehead atoms. The smallest absolute Gasteiger partial charge is 0.233 e. The van der Waals surface area contributed by atoms with Crippen molar-refractivity contribution in [2.45, 2.75) is 17.7 Å². The van der Waals surface area contributed by atoms with Crippen molar-refractivity contribution in [1.29, 1.82) is 0 Å². The van der Waals surface area contributed by atoms with Crippen LogP contribution in [-0.4, -0.2) is 41.2 Å². The lowest BCUT2D eigenvalue weighted by Gasteiger charge is -2.22. The minimum absolute atomic E-state index is 0.0934. The number of fused-ring (bicyclic) bond motifs is 1. The van der Waals surface area contributed by atoms with Gasteiger partial charge >= 0.3 is 0 Å². The fourth-order valence-corrected chi connectivity index (χ4v) is 4.50. The Balaban J connectivity index is 1.59. The van der Waals surface area contributed by atoms with E-state index in [2.05, 4.69) is 18.0 Å². The summed E-state index contributed by atoms with van der Waals surface area (Å²) < 4.78 is 2.13. The number of nitrogens with two attached hydrogens (primary N) is 1. The topological polar surface area (TPSA) is 59.2 Å². The lowest BCUT2D eigenvalue weighted by atomic mass is 9.90. The number of likely N-dealkylation sites (tertiary alicyclic amines) is 1. The number of carbonyl (C=O) groups is 1. The van der Waals surface area contributed by atoms with Crippen LogP contribution in [0.4, 0.5) is 0 Å². The Kier molecular flexibility index (Phi) is 4.19. The number of carbonyl (C=O) groups excluding carboxylic acids is 1. The van der Waals surface area contributed by atoms with E-state index in [9.17, 15) is 4.79 Å². The van der Waals surface area contributed by atoms with Gasteiger partial charge in [-0.3, -0.25) is 4.79 Å². The number of hydrogen-bond acceptors (Lipinski definition) is 5. The van der Waals surface area contributed by atoms with E-state index in [-0.39, 0.29) is 11.3 Å². The van der Waals surface area contributed by atoms with Gasteiger partial charge in [-0.1, -0.05) is 30.8 Å². The fourth-order valence-electron chi connectivity index (χ4n) is 2.53. The Labute approximate surface area is 132 Å². The van der Waals surface area contributed by atoms with E-state index >= 15 is 0 Å². The predicted molar refractivity (Wildman–Crippen MR) is 88.7 cm³/mol. The van der Waals surface area contributed by atoms with E-state index < -0.39 is 0 Å². The van der Waals surface area contributed by atoms with Crippen molar-refractivity contribution in [1.82, 2.24) is 9.88 Å². The van der Waals surface area contributed by atoms with Gasteiger partial charge in [0, 0.05) is 13.1 Å². The van der Waals surface area contributed by atoms with Crippen molar-refractivity contribution < 1.29 is 4.79 Å². The molecule has 2 heterocycles. The van der Waals surface area contributed by atoms with Crippen LogP contribution in [-0.2, 0) is 4.79 Å². The Morgan fingerprint density at radius 3 is 3.05 bits per heavy atom. The lowest BCUT2D eigenvalue weighted by molar-refractivity contribution is -0.127. The number of rotatable bonds is 4. The van der Waals surface area contributed by atoms with E-state index in [0.29, 0.717) is 12.3 Å². The van der Waals surface area contributed by atoms with Gasteiger partial charge in [0.2, 0.25) is 5.91 Å². The monoisotopic (exact) mass is 321 g/mol. The molecule has 1 fully saturated rings. The average Bonchev–Trinajstić information content (AvgIpc) is 3.08. The molecule has 2 N–H and O–H groups in total. The molecule has 0 radical (unpaired) electrons. The summed E-state index contributed by atoms with van der Waals surface area (Å²) in [5.74, 6) is 0.650. The number of thiazole rings is 1. The van der Waals surface area contributed by atoms with Gasteiger partial charge in [-0.15, -0.1) is 11.3 Å². The predicted octanol–water partition coefficient (Wildman–Crippen LogP) is 2.59. The number of nitrogens with zero attached hydrogens (tertiary/aromatic N) is 2. The van der Waals surface area contributed by atoms with Crippen molar-refractivity contribution in [2.24, 2.45) is 11.1 Å². The molecule has 1 aromatic carbocycles. The highest BCUT2D eigenvalue weighted by atomic mass is 32.2. The first-order valence-corrected chi connectivity index (χ1v) is 8.86. The van der Waals surface area contributed by atoms with Crippen molar-refractivity contribution in [3.8, 4) is 0 Å². The second-order valence-electron chi connectivity index (χ2n) is 5.82. The summed E-state index contributed by atoms with van der Waals surface area (Å²) in [5, 5.41) is 0. The molecule has 0 saturated carbocycles. The summed E-state index contributed by atoms with van der Waals surface area (Å²) in [7, 11) is 0. The zero-order valence-electron chi connectivity index (χ0n) is 12.0. The molecule has 1 atom stereocenters. The molecular weight excluding hydrogens is 302 g/mol. The summed E-state index contributed by atoms with van der Waals surface area (Å²) >= 11 is 3.18. The highest BCUT2D eigenvalue weighted by molar-refractivity contribution is 8.01. The standard InChI is InChI=1S/C15H19N3OS2/c1-15(9-16)6-7-18(10-15)13(19)8-20-14-17-11-4-2-3-5-12(11)21-14/h2-5H,6-10,16H2,1H3. The number of hydrogen-bond donors (Lipinski definition) is 1. The first kappa shape index (κ1) is 14.8. The van der Waals surface area contributed by atoms with Crippen LogP contribution in [0.15, 0.2) is 28.6 Å². The van der Waals surface area contributed by atoms with Gasteiger partial charge in [-0.25, -0.2) is 4.98 Å². The maximum absolute atomic E-state index is 12.3. The molecule has 6 heteroatoms. The van der Waals surface area contributed by atoms with E-state index in [1.54, 1.807) is 11.3 Å². The first-order valence-electron chi connectivity index (χ1n) is 7.06. The van der Waals surface area contributed by atoms with Crippen molar-refractivity contribution in [2.75, 3.05) is 25.4 Å². The normalized spacial score (nSPS) is 22.1. The molecule has 1 unspecified atom stereocenters. The molecule has 1 aliphatic rings. The number of thioether (sulfide) groups is 1. The van der Waals surface area contributed by atoms with Crippen molar-refractivity contribution in [3.05, 3.63) is 24.3 Å². The molecule has 1 saturated heterocycles. The zero-order chi connectivity index (χ0) is 14.9. The lowest BCUT2D eigenvalue weighted by Crippen LogP contribution is -2.35. The second-order valence-corrected chi connectivity index (χ2v) is 8.07. The number of aromatic nitrogens is 1. The van der Waals surface area contributed by atoms with Crippen LogP contribution in [0.25, 0.3) is 10.2 Å². The average molecular weight is 321 g/mol. The summed E-state index contributed by atoms with van der Waals surface area (Å²) in [6.07, 6.45) is 1.00. The number of amides is 1. The Morgan fingerprint density at radius 1 is 1.52 bits per heavy atom. The minimum Gasteiger partial charge on any atom is -0.341 e. The highest BCUT2D eigenvalue weighted by Gasteiger charge is 2.34. The zero-order valence-corrected chi connectivity index (χ0v) is 13.7. The molecule has 1 amide bonds. The van der Waals surface area contributed by atoms with Gasteiger partial charge in [-0.05, 0) is 30.5 Å². The van der Waals surface area contributed by atoms with Gasteiger partial charge in [-0.2, -0.15) is 0 Å². The Bertz CT molecular complexity index is 624. The Hall–Kier alpha value is -1.11. The van der Waals surface area contributed by atoms with Crippen LogP contribution >= 0.6 is 23.1 Å². The van der Waals surface area contributed by atoms with Crippen LogP contribution in [0.3, 0.4) is 0 Å². The third-order valence-corrected chi connectivity index (χ3v) is 6.16. The molecular formula is C15H19N3OS2. The maximum atomic E-state index is 12.3. The van der Waals surface area contributed by atoms with Gasteiger partial charge in [0.1, 0.15) is 0 Å². The summed E-state index contributed by atoms with van der Waals surface area (Å²) in [5.41, 5.74) is 6.89. The van der Waals surface area contributed by atoms with Crippen LogP contribution in [0, 0.1) is 5.41 Å². The summed E-state index contributed by atoms with van der Waals surface area (Å²) in [6, 6.07) is 8.06. The molecule has 21 heavy (non-hydrogen) atoms. The van der Waals surface area contributed by atoms with Crippen LogP contribution < -0.4 is 5.73 Å². The molecule has 112 valence electrons. The minimum atomic E-state index is 0.0934. The molecule has 0 spiro atoms. The molecule has 1 aromatic heterocycles. The van der Waals surface area contributed by atoms with Gasteiger partial charge < -0.3 is 10.6 Å². The molecule has 0 aliphatic carbocycles. The quantitative estimate of drug-likeness (QED) is 0.879. The number of para-hydroxylation sites is 1. The van der Waals surface area contributed by atoms with Gasteiger partial charge in [0.15, 0.2) is 4.34 Å².